The number of hydrogen-bond acceptors (Lipinski definition) is 7. The van der Waals surface area contributed by atoms with Gasteiger partial charge in [-0.15, -0.1) is 0 Å². The minimum atomic E-state index is -1.02. The number of nitrogens with one attached hydrogen (secondary N) is 4. The molecule has 4 rings (SSSR count). The van der Waals surface area contributed by atoms with Gasteiger partial charge in [-0.25, -0.2) is 0 Å². The van der Waals surface area contributed by atoms with Crippen LogP contribution in [-0.2, 0) is 14.4 Å². The highest BCUT2D eigenvalue weighted by Gasteiger charge is 2.30. The maximum atomic E-state index is 13.1. The van der Waals surface area contributed by atoms with Gasteiger partial charge in [0.25, 0.3) is 5.91 Å². The summed E-state index contributed by atoms with van der Waals surface area (Å²) in [6.07, 6.45) is 1.45. The number of nitriles is 1. The van der Waals surface area contributed by atoms with E-state index in [9.17, 15) is 24.4 Å². The fourth-order valence-electron chi connectivity index (χ4n) is 4.48. The average Bonchev–Trinajstić information content (AvgIpc) is 3.40. The number of aromatic amines is 1. The Morgan fingerprint density at radius 2 is 1.95 bits per heavy atom. The van der Waals surface area contributed by atoms with E-state index in [0.29, 0.717) is 24.2 Å². The Balaban J connectivity index is 1.39. The molecule has 202 valence electrons. The molecule has 1 fully saturated rings. The highest BCUT2D eigenvalue weighted by atomic mass is 16.5. The van der Waals surface area contributed by atoms with E-state index in [-0.39, 0.29) is 35.9 Å². The van der Waals surface area contributed by atoms with Gasteiger partial charge in [-0.05, 0) is 49.6 Å². The Bertz CT molecular complexity index is 1430. The van der Waals surface area contributed by atoms with Crippen LogP contribution in [0, 0.1) is 17.2 Å². The summed E-state index contributed by atoms with van der Waals surface area (Å²) < 4.78 is 10.9. The Kier molecular flexibility index (Phi) is 8.78. The van der Waals surface area contributed by atoms with Crippen molar-refractivity contribution in [2.75, 3.05) is 26.8 Å². The number of amides is 3. The number of methoxy groups -OCH3 is 1. The van der Waals surface area contributed by atoms with Crippen LogP contribution in [-0.4, -0.2) is 61.3 Å². The number of aromatic nitrogens is 1. The van der Waals surface area contributed by atoms with Crippen molar-refractivity contribution in [1.82, 2.24) is 20.9 Å². The molecule has 11 nitrogen and oxygen atoms in total. The lowest BCUT2D eigenvalue weighted by molar-refractivity contribution is -0.131. The molecule has 2 aromatic carbocycles. The number of piperidine rings is 1. The number of carbonyl (C=O) groups excluding carboxylic acids is 4. The number of fused-ring (bicyclic) bond motifs is 1. The largest absolute Gasteiger partial charge is 0.496 e. The summed E-state index contributed by atoms with van der Waals surface area (Å²) >= 11 is 0. The monoisotopic (exact) mass is 531 g/mol. The Hall–Kier alpha value is -4.85. The first kappa shape index (κ1) is 27.2. The highest BCUT2D eigenvalue weighted by Crippen LogP contribution is 2.26. The molecule has 1 aromatic heterocycles. The van der Waals surface area contributed by atoms with Gasteiger partial charge in [0.15, 0.2) is 5.78 Å². The Labute approximate surface area is 224 Å². The number of hydrogen-bond donors (Lipinski definition) is 4. The zero-order chi connectivity index (χ0) is 27.8. The van der Waals surface area contributed by atoms with Crippen molar-refractivity contribution in [1.29, 1.82) is 5.26 Å². The number of Topliss-reactive ketones (excluding diaryl/α,β-unsaturated/α-hetero) is 1. The summed E-state index contributed by atoms with van der Waals surface area (Å²) in [7, 11) is 1.54. The molecule has 1 aliphatic rings. The summed E-state index contributed by atoms with van der Waals surface area (Å²) in [5.74, 6) is -1.33. The molecule has 39 heavy (non-hydrogen) atoms. The van der Waals surface area contributed by atoms with Gasteiger partial charge in [-0.3, -0.25) is 19.2 Å². The molecular formula is C28H29N5O6. The van der Waals surface area contributed by atoms with Crippen molar-refractivity contribution in [3.8, 4) is 17.6 Å². The van der Waals surface area contributed by atoms with Crippen LogP contribution in [0.15, 0.2) is 48.5 Å². The van der Waals surface area contributed by atoms with Crippen molar-refractivity contribution in [3.63, 3.8) is 0 Å². The van der Waals surface area contributed by atoms with Gasteiger partial charge in [0.1, 0.15) is 29.9 Å². The summed E-state index contributed by atoms with van der Waals surface area (Å²) in [5.41, 5.74) is 1.23. The van der Waals surface area contributed by atoms with Crippen LogP contribution >= 0.6 is 0 Å². The van der Waals surface area contributed by atoms with Crippen LogP contribution < -0.4 is 25.4 Å². The van der Waals surface area contributed by atoms with Crippen LogP contribution in [0.4, 0.5) is 0 Å². The molecule has 3 amide bonds. The second-order valence-electron chi connectivity index (χ2n) is 9.14. The quantitative estimate of drug-likeness (QED) is 0.293. The van der Waals surface area contributed by atoms with Gasteiger partial charge in [0.05, 0.1) is 25.3 Å². The minimum absolute atomic E-state index is 0.0927. The molecule has 0 spiro atoms. The van der Waals surface area contributed by atoms with Crippen LogP contribution in [0.3, 0.4) is 0 Å². The SMILES string of the molecule is COc1cccc2[nH]c(C(=O)NCC(=O)NC(C[C@@H]3CCCNC3=O)C(=O)COc3ccccc3C#N)cc12. The molecule has 4 N–H and O–H groups in total. The van der Waals surface area contributed by atoms with E-state index in [1.54, 1.807) is 48.5 Å². The number of nitrogens with zero attached hydrogens (tertiary/aromatic N) is 1. The summed E-state index contributed by atoms with van der Waals surface area (Å²) in [6, 6.07) is 14.5. The van der Waals surface area contributed by atoms with Gasteiger partial charge in [0, 0.05) is 23.4 Å². The lowest BCUT2D eigenvalue weighted by atomic mass is 9.90. The maximum Gasteiger partial charge on any atom is 0.268 e. The molecule has 1 unspecified atom stereocenters. The molecule has 11 heteroatoms. The number of carbonyl (C=O) groups is 4. The summed E-state index contributed by atoms with van der Waals surface area (Å²) in [5, 5.41) is 17.9. The normalized spacial score (nSPS) is 15.5. The minimum Gasteiger partial charge on any atom is -0.496 e. The van der Waals surface area contributed by atoms with Gasteiger partial charge < -0.3 is 30.4 Å². The Morgan fingerprint density at radius 1 is 1.15 bits per heavy atom. The number of ether oxygens (including phenoxy) is 2. The molecule has 1 saturated heterocycles. The molecule has 0 bridgehead atoms. The first-order valence-electron chi connectivity index (χ1n) is 12.5. The van der Waals surface area contributed by atoms with Crippen molar-refractivity contribution in [3.05, 3.63) is 59.8 Å². The van der Waals surface area contributed by atoms with E-state index < -0.39 is 36.2 Å². The van der Waals surface area contributed by atoms with Gasteiger partial charge in [-0.1, -0.05) is 18.2 Å². The fraction of sp³-hybridized carbons (Fsp3) is 0.321. The van der Waals surface area contributed by atoms with Crippen LogP contribution in [0.5, 0.6) is 11.5 Å². The van der Waals surface area contributed by atoms with E-state index >= 15 is 0 Å². The van der Waals surface area contributed by atoms with Crippen molar-refractivity contribution >= 4 is 34.4 Å². The second kappa shape index (κ2) is 12.6. The first-order chi connectivity index (χ1) is 18.9. The average molecular weight is 532 g/mol. The van der Waals surface area contributed by atoms with Crippen molar-refractivity contribution in [2.24, 2.45) is 5.92 Å². The third-order valence-electron chi connectivity index (χ3n) is 6.52. The highest BCUT2D eigenvalue weighted by molar-refractivity contribution is 6.01. The molecule has 1 aliphatic heterocycles. The molecule has 3 aromatic rings. The topological polar surface area (TPSA) is 162 Å². The number of para-hydroxylation sites is 1. The van der Waals surface area contributed by atoms with Gasteiger partial charge >= 0.3 is 0 Å². The number of ketones is 1. The first-order valence-corrected chi connectivity index (χ1v) is 12.5. The van der Waals surface area contributed by atoms with Gasteiger partial charge in [0.2, 0.25) is 11.8 Å². The van der Waals surface area contributed by atoms with E-state index in [2.05, 4.69) is 20.9 Å². The van der Waals surface area contributed by atoms with E-state index in [1.807, 2.05) is 6.07 Å². The smallest absolute Gasteiger partial charge is 0.268 e. The number of rotatable bonds is 11. The van der Waals surface area contributed by atoms with E-state index in [4.69, 9.17) is 9.47 Å². The van der Waals surface area contributed by atoms with Crippen LogP contribution in [0.1, 0.15) is 35.3 Å². The van der Waals surface area contributed by atoms with Crippen molar-refractivity contribution in [2.45, 2.75) is 25.3 Å². The van der Waals surface area contributed by atoms with Gasteiger partial charge in [-0.2, -0.15) is 5.26 Å². The maximum absolute atomic E-state index is 13.1. The molecule has 0 aliphatic carbocycles. The van der Waals surface area contributed by atoms with E-state index in [1.165, 1.54) is 7.11 Å². The van der Waals surface area contributed by atoms with Crippen LogP contribution in [0.2, 0.25) is 0 Å². The molecule has 2 heterocycles. The molecule has 2 atom stereocenters. The second-order valence-corrected chi connectivity index (χ2v) is 9.14. The predicted octanol–water partition coefficient (Wildman–Crippen LogP) is 1.83. The number of benzene rings is 2. The third kappa shape index (κ3) is 6.73. The Morgan fingerprint density at radius 3 is 2.72 bits per heavy atom. The summed E-state index contributed by atoms with van der Waals surface area (Å²) in [4.78, 5) is 53.9. The molecule has 0 saturated carbocycles. The lowest BCUT2D eigenvalue weighted by Gasteiger charge is -2.26. The van der Waals surface area contributed by atoms with Crippen molar-refractivity contribution < 1.29 is 28.7 Å². The number of H-pyrrole nitrogens is 1. The fourth-order valence-corrected chi connectivity index (χ4v) is 4.48. The predicted molar refractivity (Wildman–Crippen MR) is 141 cm³/mol. The zero-order valence-electron chi connectivity index (χ0n) is 21.4. The molecular weight excluding hydrogens is 502 g/mol. The van der Waals surface area contributed by atoms with Crippen LogP contribution in [0.25, 0.3) is 10.9 Å². The molecule has 0 radical (unpaired) electrons. The summed E-state index contributed by atoms with van der Waals surface area (Å²) in [6.45, 7) is -0.217. The third-order valence-corrected chi connectivity index (χ3v) is 6.52. The van der Waals surface area contributed by atoms with E-state index in [0.717, 1.165) is 11.8 Å². The lowest BCUT2D eigenvalue weighted by Crippen LogP contribution is -2.49. The standard InChI is InChI=1S/C28H29N5O6/c1-38-25-10-4-8-20-19(25)13-22(32-20)28(37)31-15-26(35)33-21(12-17-7-5-11-30-27(17)36)23(34)16-39-24-9-3-2-6-18(24)14-29/h2-4,6,8-10,13,17,21,32H,5,7,11-12,15-16H2,1H3,(H,30,36)(H,31,37)(H,33,35)/t17-,21?/m0/s1. The zero-order valence-corrected chi connectivity index (χ0v) is 21.4.